The van der Waals surface area contributed by atoms with Gasteiger partial charge in [-0.2, -0.15) is 0 Å². The topological polar surface area (TPSA) is 43.1 Å². The van der Waals surface area contributed by atoms with Crippen LogP contribution in [0.2, 0.25) is 0 Å². The lowest BCUT2D eigenvalue weighted by Gasteiger charge is -2.17. The van der Waals surface area contributed by atoms with Gasteiger partial charge in [-0.05, 0) is 18.1 Å². The molecular formula is C17H19NOS. The number of nitrogens with two attached hydrogens (primary N) is 1. The van der Waals surface area contributed by atoms with Crippen molar-refractivity contribution in [2.45, 2.75) is 34.1 Å². The summed E-state index contributed by atoms with van der Waals surface area (Å²) in [7, 11) is 0. The molecule has 104 valence electrons. The number of nitrogen functional groups attached to an aromatic ring is 1. The summed E-state index contributed by atoms with van der Waals surface area (Å²) in [6.07, 6.45) is 0.900. The van der Waals surface area contributed by atoms with E-state index in [-0.39, 0.29) is 5.78 Å². The van der Waals surface area contributed by atoms with Crippen LogP contribution in [-0.2, 0) is 6.42 Å². The van der Waals surface area contributed by atoms with Gasteiger partial charge in [0, 0.05) is 22.3 Å². The molecule has 0 atom stereocenters. The Bertz CT molecular complexity index is 719. The van der Waals surface area contributed by atoms with Gasteiger partial charge >= 0.3 is 0 Å². The van der Waals surface area contributed by atoms with E-state index in [0.29, 0.717) is 5.00 Å². The molecule has 0 spiro atoms. The average Bonchev–Trinajstić information content (AvgIpc) is 2.82. The standard InChI is InChI=1S/C17H19NOS/c1-9-5-6-10-8-12-13(11(10)7-9)14(16(18)20-12)15(19)17(2,3)4/h5-7H,8,18H2,1-4H3. The second-order valence-corrected chi connectivity index (χ2v) is 7.69. The number of rotatable bonds is 1. The minimum Gasteiger partial charge on any atom is -0.390 e. The summed E-state index contributed by atoms with van der Waals surface area (Å²) in [6, 6.07) is 6.47. The molecule has 2 N–H and O–H groups in total. The van der Waals surface area contributed by atoms with Gasteiger partial charge in [0.15, 0.2) is 5.78 Å². The van der Waals surface area contributed by atoms with Gasteiger partial charge in [-0.25, -0.2) is 0 Å². The molecule has 0 bridgehead atoms. The Kier molecular flexibility index (Phi) is 2.80. The molecule has 0 radical (unpaired) electrons. The molecule has 0 unspecified atom stereocenters. The normalized spacial score (nSPS) is 13.2. The zero-order valence-corrected chi connectivity index (χ0v) is 13.1. The smallest absolute Gasteiger partial charge is 0.171 e. The molecule has 1 aromatic carbocycles. The van der Waals surface area contributed by atoms with Gasteiger partial charge in [0.05, 0.1) is 10.6 Å². The Morgan fingerprint density at radius 3 is 2.65 bits per heavy atom. The minimum atomic E-state index is -0.407. The van der Waals surface area contributed by atoms with Gasteiger partial charge in [-0.15, -0.1) is 11.3 Å². The molecule has 1 aromatic heterocycles. The highest BCUT2D eigenvalue weighted by Gasteiger charge is 2.34. The summed E-state index contributed by atoms with van der Waals surface area (Å²) in [5.41, 5.74) is 11.3. The summed E-state index contributed by atoms with van der Waals surface area (Å²) in [4.78, 5) is 14.0. The van der Waals surface area contributed by atoms with Crippen molar-refractivity contribution in [2.24, 2.45) is 5.41 Å². The molecule has 0 fully saturated rings. The van der Waals surface area contributed by atoms with Gasteiger partial charge in [0.1, 0.15) is 0 Å². The predicted octanol–water partition coefficient (Wildman–Crippen LogP) is 4.44. The number of Topliss-reactive ketones (excluding diaryl/α,β-unsaturated/α-hetero) is 1. The highest BCUT2D eigenvalue weighted by Crippen LogP contribution is 2.48. The first-order chi connectivity index (χ1) is 9.29. The third-order valence-corrected chi connectivity index (χ3v) is 4.82. The fourth-order valence-corrected chi connectivity index (χ4v) is 3.86. The number of hydrogen-bond acceptors (Lipinski definition) is 3. The number of thiophene rings is 1. The lowest BCUT2D eigenvalue weighted by Crippen LogP contribution is -2.21. The quantitative estimate of drug-likeness (QED) is 0.672. The number of fused-ring (bicyclic) bond motifs is 3. The van der Waals surface area contributed by atoms with Crippen molar-refractivity contribution in [3.05, 3.63) is 39.8 Å². The molecule has 2 nitrogen and oxygen atoms in total. The Hall–Kier alpha value is -1.61. The molecule has 0 aliphatic heterocycles. The summed E-state index contributed by atoms with van der Waals surface area (Å²) < 4.78 is 0. The minimum absolute atomic E-state index is 0.141. The van der Waals surface area contributed by atoms with Crippen molar-refractivity contribution in [3.8, 4) is 11.1 Å². The van der Waals surface area contributed by atoms with Gasteiger partial charge in [0.25, 0.3) is 0 Å². The fraction of sp³-hybridized carbons (Fsp3) is 0.353. The van der Waals surface area contributed by atoms with Crippen molar-refractivity contribution in [3.63, 3.8) is 0 Å². The maximum Gasteiger partial charge on any atom is 0.171 e. The van der Waals surface area contributed by atoms with Crippen molar-refractivity contribution in [2.75, 3.05) is 5.73 Å². The highest BCUT2D eigenvalue weighted by atomic mass is 32.1. The molecule has 1 heterocycles. The van der Waals surface area contributed by atoms with Crippen LogP contribution in [0.25, 0.3) is 11.1 Å². The van der Waals surface area contributed by atoms with Crippen LogP contribution in [0.15, 0.2) is 18.2 Å². The average molecular weight is 285 g/mol. The van der Waals surface area contributed by atoms with Crippen molar-refractivity contribution < 1.29 is 4.79 Å². The van der Waals surface area contributed by atoms with Crippen LogP contribution in [-0.4, -0.2) is 5.78 Å². The van der Waals surface area contributed by atoms with E-state index in [9.17, 15) is 4.79 Å². The van der Waals surface area contributed by atoms with Crippen LogP contribution in [0.1, 0.15) is 47.1 Å². The fourth-order valence-electron chi connectivity index (χ4n) is 2.76. The summed E-state index contributed by atoms with van der Waals surface area (Å²) in [6.45, 7) is 7.93. The molecule has 0 amide bonds. The van der Waals surface area contributed by atoms with Crippen molar-refractivity contribution in [1.82, 2.24) is 0 Å². The second-order valence-electron chi connectivity index (χ2n) is 6.56. The predicted molar refractivity (Wildman–Crippen MR) is 85.5 cm³/mol. The van der Waals surface area contributed by atoms with Gasteiger partial charge in [-0.3, -0.25) is 4.79 Å². The molecule has 0 saturated heterocycles. The van der Waals surface area contributed by atoms with E-state index >= 15 is 0 Å². The van der Waals surface area contributed by atoms with Crippen molar-refractivity contribution >= 4 is 22.1 Å². The van der Waals surface area contributed by atoms with Crippen LogP contribution in [0.5, 0.6) is 0 Å². The number of carbonyl (C=O) groups is 1. The van der Waals surface area contributed by atoms with Gasteiger partial charge < -0.3 is 5.73 Å². The molecule has 20 heavy (non-hydrogen) atoms. The van der Waals surface area contributed by atoms with Crippen LogP contribution >= 0.6 is 11.3 Å². The first-order valence-corrected chi connectivity index (χ1v) is 7.66. The molecule has 3 rings (SSSR count). The summed E-state index contributed by atoms with van der Waals surface area (Å²) >= 11 is 1.57. The van der Waals surface area contributed by atoms with E-state index in [1.165, 1.54) is 21.6 Å². The van der Waals surface area contributed by atoms with Gasteiger partial charge in [0.2, 0.25) is 0 Å². The van der Waals surface area contributed by atoms with E-state index in [4.69, 9.17) is 5.73 Å². The van der Waals surface area contributed by atoms with E-state index in [2.05, 4.69) is 25.1 Å². The molecule has 2 aromatic rings. The first-order valence-electron chi connectivity index (χ1n) is 6.85. The van der Waals surface area contributed by atoms with E-state index in [1.54, 1.807) is 11.3 Å². The Morgan fingerprint density at radius 1 is 1.30 bits per heavy atom. The third kappa shape index (κ3) is 1.88. The van der Waals surface area contributed by atoms with Crippen LogP contribution in [0.4, 0.5) is 5.00 Å². The Balaban J connectivity index is 2.25. The highest BCUT2D eigenvalue weighted by molar-refractivity contribution is 7.17. The monoisotopic (exact) mass is 285 g/mol. The number of ketones is 1. The van der Waals surface area contributed by atoms with E-state index in [0.717, 1.165) is 17.5 Å². The van der Waals surface area contributed by atoms with Crippen LogP contribution in [0, 0.1) is 12.3 Å². The maximum absolute atomic E-state index is 12.7. The lowest BCUT2D eigenvalue weighted by atomic mass is 9.84. The van der Waals surface area contributed by atoms with Gasteiger partial charge in [-0.1, -0.05) is 44.5 Å². The SMILES string of the molecule is Cc1ccc2c(c1)-c1c(sc(N)c1C(=O)C(C)(C)C)C2. The molecule has 0 saturated carbocycles. The maximum atomic E-state index is 12.7. The largest absolute Gasteiger partial charge is 0.390 e. The number of aryl methyl sites for hydroxylation is 1. The molecular weight excluding hydrogens is 266 g/mol. The van der Waals surface area contributed by atoms with E-state index < -0.39 is 5.41 Å². The molecule has 3 heteroatoms. The molecule has 1 aliphatic rings. The zero-order valence-electron chi connectivity index (χ0n) is 12.3. The first kappa shape index (κ1) is 13.4. The van der Waals surface area contributed by atoms with Crippen molar-refractivity contribution in [1.29, 1.82) is 0 Å². The van der Waals surface area contributed by atoms with E-state index in [1.807, 2.05) is 20.8 Å². The molecule has 1 aliphatic carbocycles. The number of benzene rings is 1. The Labute approximate surface area is 123 Å². The van der Waals surface area contributed by atoms with Crippen LogP contribution < -0.4 is 5.73 Å². The Morgan fingerprint density at radius 2 is 2.00 bits per heavy atom. The lowest BCUT2D eigenvalue weighted by molar-refractivity contribution is 0.0860. The second kappa shape index (κ2) is 4.19. The summed E-state index contributed by atoms with van der Waals surface area (Å²) in [5.74, 6) is 0.141. The summed E-state index contributed by atoms with van der Waals surface area (Å²) in [5, 5.41) is 0.669. The number of carbonyl (C=O) groups excluding carboxylic acids is 1. The number of anilines is 1. The zero-order chi connectivity index (χ0) is 14.7. The van der Waals surface area contributed by atoms with Crippen LogP contribution in [0.3, 0.4) is 0 Å². The number of hydrogen-bond donors (Lipinski definition) is 1. The third-order valence-electron chi connectivity index (χ3n) is 3.80.